The van der Waals surface area contributed by atoms with Crippen LogP contribution in [0.1, 0.15) is 54.1 Å². The summed E-state index contributed by atoms with van der Waals surface area (Å²) in [7, 11) is 0. The zero-order chi connectivity index (χ0) is 14.0. The van der Waals surface area contributed by atoms with Crippen LogP contribution in [0, 0.1) is 13.8 Å². The lowest BCUT2D eigenvalue weighted by molar-refractivity contribution is 0.0693. The van der Waals surface area contributed by atoms with Crippen LogP contribution in [0.5, 0.6) is 0 Å². The first-order valence-corrected chi connectivity index (χ1v) is 7.22. The minimum atomic E-state index is 0.138. The second-order valence-electron chi connectivity index (χ2n) is 5.55. The highest BCUT2D eigenvalue weighted by molar-refractivity contribution is 5.97. The van der Waals surface area contributed by atoms with Crippen LogP contribution in [-0.2, 0) is 0 Å². The first-order chi connectivity index (χ1) is 9.04. The first kappa shape index (κ1) is 13.9. The van der Waals surface area contributed by atoms with Gasteiger partial charge in [-0.1, -0.05) is 18.9 Å². The molecular weight excluding hydrogens is 236 g/mol. The number of nitrogen functional groups attached to an aromatic ring is 1. The van der Waals surface area contributed by atoms with Gasteiger partial charge in [0.25, 0.3) is 5.91 Å². The van der Waals surface area contributed by atoms with Crippen LogP contribution in [0.25, 0.3) is 0 Å². The standard InChI is InChI=1S/C16H24N2O/c1-4-18(13-7-5-6-8-13)16(19)14-10-15(17)12(3)9-11(14)2/h9-10,13H,4-8,17H2,1-3H3. The molecule has 0 atom stereocenters. The third kappa shape index (κ3) is 2.75. The molecule has 1 aromatic rings. The van der Waals surface area contributed by atoms with Crippen LogP contribution < -0.4 is 5.73 Å². The SMILES string of the molecule is CCN(C(=O)c1cc(N)c(C)cc1C)C1CCCC1. The number of aryl methyl sites for hydroxylation is 2. The molecule has 2 N–H and O–H groups in total. The van der Waals surface area contributed by atoms with Gasteiger partial charge in [-0.15, -0.1) is 0 Å². The van der Waals surface area contributed by atoms with Crippen molar-refractivity contribution in [2.45, 2.75) is 52.5 Å². The molecule has 104 valence electrons. The molecule has 0 radical (unpaired) electrons. The monoisotopic (exact) mass is 260 g/mol. The second kappa shape index (κ2) is 5.64. The highest BCUT2D eigenvalue weighted by atomic mass is 16.2. The zero-order valence-electron chi connectivity index (χ0n) is 12.2. The van der Waals surface area contributed by atoms with Gasteiger partial charge in [-0.2, -0.15) is 0 Å². The van der Waals surface area contributed by atoms with Crippen molar-refractivity contribution in [1.82, 2.24) is 4.90 Å². The van der Waals surface area contributed by atoms with Crippen molar-refractivity contribution in [2.75, 3.05) is 12.3 Å². The average molecular weight is 260 g/mol. The van der Waals surface area contributed by atoms with E-state index in [9.17, 15) is 4.79 Å². The molecule has 19 heavy (non-hydrogen) atoms. The predicted molar refractivity (Wildman–Crippen MR) is 79.3 cm³/mol. The third-order valence-corrected chi connectivity index (χ3v) is 4.21. The minimum absolute atomic E-state index is 0.138. The highest BCUT2D eigenvalue weighted by Gasteiger charge is 2.27. The molecule has 3 nitrogen and oxygen atoms in total. The number of nitrogens with zero attached hydrogens (tertiary/aromatic N) is 1. The van der Waals surface area contributed by atoms with Crippen molar-refractivity contribution < 1.29 is 4.79 Å². The molecule has 1 fully saturated rings. The van der Waals surface area contributed by atoms with E-state index in [1.165, 1.54) is 12.8 Å². The topological polar surface area (TPSA) is 46.3 Å². The predicted octanol–water partition coefficient (Wildman–Crippen LogP) is 3.29. The average Bonchev–Trinajstić information content (AvgIpc) is 2.88. The van der Waals surface area contributed by atoms with E-state index in [-0.39, 0.29) is 5.91 Å². The lowest BCUT2D eigenvalue weighted by Crippen LogP contribution is -2.39. The van der Waals surface area contributed by atoms with Gasteiger partial charge in [-0.25, -0.2) is 0 Å². The summed E-state index contributed by atoms with van der Waals surface area (Å²) >= 11 is 0. The van der Waals surface area contributed by atoms with Gasteiger partial charge < -0.3 is 10.6 Å². The van der Waals surface area contributed by atoms with E-state index in [0.717, 1.165) is 36.1 Å². The first-order valence-electron chi connectivity index (χ1n) is 7.22. The molecule has 0 saturated heterocycles. The third-order valence-electron chi connectivity index (χ3n) is 4.21. The maximum atomic E-state index is 12.7. The molecule has 1 aromatic carbocycles. The number of amides is 1. The Morgan fingerprint density at radius 2 is 1.89 bits per heavy atom. The normalized spacial score (nSPS) is 15.7. The molecule has 0 aliphatic heterocycles. The molecule has 0 spiro atoms. The fraction of sp³-hybridized carbons (Fsp3) is 0.562. The number of nitrogens with two attached hydrogens (primary N) is 1. The summed E-state index contributed by atoms with van der Waals surface area (Å²) in [6, 6.07) is 4.26. The fourth-order valence-corrected chi connectivity index (χ4v) is 3.04. The number of anilines is 1. The van der Waals surface area contributed by atoms with E-state index in [4.69, 9.17) is 5.73 Å². The summed E-state index contributed by atoms with van der Waals surface area (Å²) in [6.07, 6.45) is 4.76. The van der Waals surface area contributed by atoms with Crippen LogP contribution in [-0.4, -0.2) is 23.4 Å². The Morgan fingerprint density at radius 3 is 2.47 bits per heavy atom. The number of carbonyl (C=O) groups is 1. The molecule has 0 aromatic heterocycles. The summed E-state index contributed by atoms with van der Waals surface area (Å²) < 4.78 is 0. The summed E-state index contributed by atoms with van der Waals surface area (Å²) in [6.45, 7) is 6.80. The lowest BCUT2D eigenvalue weighted by Gasteiger charge is -2.28. The van der Waals surface area contributed by atoms with Gasteiger partial charge in [-0.05, 0) is 50.8 Å². The fourth-order valence-electron chi connectivity index (χ4n) is 3.04. The molecule has 1 aliphatic carbocycles. The summed E-state index contributed by atoms with van der Waals surface area (Å²) in [5.41, 5.74) is 9.48. The van der Waals surface area contributed by atoms with Crippen molar-refractivity contribution in [2.24, 2.45) is 0 Å². The van der Waals surface area contributed by atoms with Gasteiger partial charge in [0, 0.05) is 23.8 Å². The molecule has 0 unspecified atom stereocenters. The molecule has 0 heterocycles. The maximum Gasteiger partial charge on any atom is 0.254 e. The van der Waals surface area contributed by atoms with Crippen molar-refractivity contribution in [1.29, 1.82) is 0 Å². The maximum absolute atomic E-state index is 12.7. The van der Waals surface area contributed by atoms with Crippen molar-refractivity contribution in [3.05, 3.63) is 28.8 Å². The van der Waals surface area contributed by atoms with E-state index in [1.807, 2.05) is 30.9 Å². The molecule has 1 amide bonds. The van der Waals surface area contributed by atoms with Gasteiger partial charge in [0.1, 0.15) is 0 Å². The Kier molecular flexibility index (Phi) is 4.13. The smallest absolute Gasteiger partial charge is 0.254 e. The largest absolute Gasteiger partial charge is 0.398 e. The Morgan fingerprint density at radius 1 is 1.26 bits per heavy atom. The van der Waals surface area contributed by atoms with Crippen LogP contribution in [0.15, 0.2) is 12.1 Å². The molecule has 1 aliphatic rings. The number of benzene rings is 1. The lowest BCUT2D eigenvalue weighted by atomic mass is 10.0. The van der Waals surface area contributed by atoms with Gasteiger partial charge in [0.15, 0.2) is 0 Å². The number of carbonyl (C=O) groups excluding carboxylic acids is 1. The van der Waals surface area contributed by atoms with Crippen LogP contribution in [0.4, 0.5) is 5.69 Å². The quantitative estimate of drug-likeness (QED) is 0.848. The minimum Gasteiger partial charge on any atom is -0.398 e. The molecule has 0 bridgehead atoms. The number of rotatable bonds is 3. The summed E-state index contributed by atoms with van der Waals surface area (Å²) in [4.78, 5) is 14.7. The molecular formula is C16H24N2O. The number of hydrogen-bond donors (Lipinski definition) is 1. The Balaban J connectivity index is 2.29. The van der Waals surface area contributed by atoms with E-state index in [0.29, 0.717) is 11.7 Å². The van der Waals surface area contributed by atoms with Crippen molar-refractivity contribution >= 4 is 11.6 Å². The van der Waals surface area contributed by atoms with Crippen LogP contribution in [0.3, 0.4) is 0 Å². The van der Waals surface area contributed by atoms with Gasteiger partial charge >= 0.3 is 0 Å². The van der Waals surface area contributed by atoms with Crippen molar-refractivity contribution in [3.63, 3.8) is 0 Å². The highest BCUT2D eigenvalue weighted by Crippen LogP contribution is 2.26. The van der Waals surface area contributed by atoms with E-state index >= 15 is 0 Å². The Hall–Kier alpha value is -1.51. The van der Waals surface area contributed by atoms with Crippen LogP contribution in [0.2, 0.25) is 0 Å². The molecule has 3 heteroatoms. The van der Waals surface area contributed by atoms with Crippen molar-refractivity contribution in [3.8, 4) is 0 Å². The molecule has 1 saturated carbocycles. The van der Waals surface area contributed by atoms with Gasteiger partial charge in [0.05, 0.1) is 0 Å². The summed E-state index contributed by atoms with van der Waals surface area (Å²) in [5.74, 6) is 0.138. The second-order valence-corrected chi connectivity index (χ2v) is 5.55. The Labute approximate surface area is 115 Å². The molecule has 2 rings (SSSR count). The van der Waals surface area contributed by atoms with Gasteiger partial charge in [0.2, 0.25) is 0 Å². The van der Waals surface area contributed by atoms with Crippen LogP contribution >= 0.6 is 0 Å². The van der Waals surface area contributed by atoms with E-state index in [2.05, 4.69) is 6.92 Å². The summed E-state index contributed by atoms with van der Waals surface area (Å²) in [5, 5.41) is 0. The van der Waals surface area contributed by atoms with Gasteiger partial charge in [-0.3, -0.25) is 4.79 Å². The van der Waals surface area contributed by atoms with E-state index in [1.54, 1.807) is 0 Å². The zero-order valence-corrected chi connectivity index (χ0v) is 12.2. The Bertz CT molecular complexity index is 476. The van der Waals surface area contributed by atoms with E-state index < -0.39 is 0 Å². The number of hydrogen-bond acceptors (Lipinski definition) is 2.